The third-order valence-corrected chi connectivity index (χ3v) is 4.34. The van der Waals surface area contributed by atoms with Gasteiger partial charge >= 0.3 is 0 Å². The lowest BCUT2D eigenvalue weighted by Gasteiger charge is -2.26. The van der Waals surface area contributed by atoms with Crippen molar-refractivity contribution >= 4 is 5.95 Å². The molecule has 0 spiro atoms. The number of ether oxygens (including phenoxy) is 1. The molecule has 0 aliphatic carbocycles. The Labute approximate surface area is 144 Å². The van der Waals surface area contributed by atoms with E-state index in [4.69, 9.17) is 4.74 Å². The standard InChI is InChI=1S/C19H26N4O/c1-14-8-15(2)10-18(9-14)16(3)20-11-17-12-21-19(22-13-17)23-4-6-24-7-5-23/h8-10,12-13,16,20H,4-7,11H2,1-3H3/t16-/m0/s1. The van der Waals surface area contributed by atoms with Crippen molar-refractivity contribution in [3.05, 3.63) is 52.8 Å². The number of anilines is 1. The van der Waals surface area contributed by atoms with Gasteiger partial charge in [-0.3, -0.25) is 0 Å². The van der Waals surface area contributed by atoms with Crippen LogP contribution in [0.3, 0.4) is 0 Å². The van der Waals surface area contributed by atoms with E-state index in [9.17, 15) is 0 Å². The quantitative estimate of drug-likeness (QED) is 0.915. The Hall–Kier alpha value is -1.98. The van der Waals surface area contributed by atoms with E-state index in [1.807, 2.05) is 12.4 Å². The summed E-state index contributed by atoms with van der Waals surface area (Å²) in [5.41, 5.74) is 5.02. The summed E-state index contributed by atoms with van der Waals surface area (Å²) in [4.78, 5) is 11.2. The van der Waals surface area contributed by atoms with Crippen molar-refractivity contribution in [2.75, 3.05) is 31.2 Å². The van der Waals surface area contributed by atoms with E-state index in [0.717, 1.165) is 44.4 Å². The SMILES string of the molecule is Cc1cc(C)cc([C@H](C)NCc2cnc(N3CCOCC3)nc2)c1. The molecule has 1 atom stereocenters. The molecule has 1 aromatic carbocycles. The third kappa shape index (κ3) is 4.30. The molecule has 2 heterocycles. The van der Waals surface area contributed by atoms with Gasteiger partial charge < -0.3 is 15.0 Å². The number of nitrogens with zero attached hydrogens (tertiary/aromatic N) is 3. The van der Waals surface area contributed by atoms with Gasteiger partial charge in [0.05, 0.1) is 13.2 Å². The average molecular weight is 326 g/mol. The van der Waals surface area contributed by atoms with Crippen molar-refractivity contribution in [2.45, 2.75) is 33.4 Å². The molecule has 1 aliphatic rings. The van der Waals surface area contributed by atoms with Crippen LogP contribution in [0.5, 0.6) is 0 Å². The summed E-state index contributed by atoms with van der Waals surface area (Å²) in [7, 11) is 0. The summed E-state index contributed by atoms with van der Waals surface area (Å²) in [6, 6.07) is 6.97. The van der Waals surface area contributed by atoms with Crippen LogP contribution in [0, 0.1) is 13.8 Å². The molecule has 5 nitrogen and oxygen atoms in total. The van der Waals surface area contributed by atoms with Crippen molar-refractivity contribution in [1.29, 1.82) is 0 Å². The summed E-state index contributed by atoms with van der Waals surface area (Å²) in [6.07, 6.45) is 3.83. The van der Waals surface area contributed by atoms with Crippen molar-refractivity contribution in [2.24, 2.45) is 0 Å². The second-order valence-electron chi connectivity index (χ2n) is 6.51. The molecule has 0 bridgehead atoms. The summed E-state index contributed by atoms with van der Waals surface area (Å²) in [5, 5.41) is 3.56. The van der Waals surface area contributed by atoms with Gasteiger partial charge in [-0.15, -0.1) is 0 Å². The van der Waals surface area contributed by atoms with Crippen molar-refractivity contribution < 1.29 is 4.74 Å². The topological polar surface area (TPSA) is 50.3 Å². The Morgan fingerprint density at radius 3 is 2.33 bits per heavy atom. The van der Waals surface area contributed by atoms with E-state index in [-0.39, 0.29) is 0 Å². The van der Waals surface area contributed by atoms with Crippen LogP contribution >= 0.6 is 0 Å². The first-order valence-electron chi connectivity index (χ1n) is 8.57. The number of hydrogen-bond donors (Lipinski definition) is 1. The zero-order valence-corrected chi connectivity index (χ0v) is 14.7. The Balaban J connectivity index is 1.57. The van der Waals surface area contributed by atoms with Crippen molar-refractivity contribution in [3.8, 4) is 0 Å². The fraction of sp³-hybridized carbons (Fsp3) is 0.474. The molecule has 1 aliphatic heterocycles. The summed E-state index contributed by atoms with van der Waals surface area (Å²) < 4.78 is 5.36. The Bertz CT molecular complexity index is 645. The predicted octanol–water partition coefficient (Wildman–Crippen LogP) is 2.78. The molecular formula is C19H26N4O. The lowest BCUT2D eigenvalue weighted by molar-refractivity contribution is 0.122. The summed E-state index contributed by atoms with van der Waals surface area (Å²) in [6.45, 7) is 10.5. The van der Waals surface area contributed by atoms with E-state index in [1.165, 1.54) is 16.7 Å². The molecule has 0 amide bonds. The fourth-order valence-corrected chi connectivity index (χ4v) is 3.01. The smallest absolute Gasteiger partial charge is 0.225 e. The zero-order valence-electron chi connectivity index (χ0n) is 14.7. The maximum absolute atomic E-state index is 5.36. The van der Waals surface area contributed by atoms with Gasteiger partial charge in [0.1, 0.15) is 0 Å². The molecule has 1 aromatic heterocycles. The monoisotopic (exact) mass is 326 g/mol. The normalized spacial score (nSPS) is 16.2. The second kappa shape index (κ2) is 7.73. The van der Waals surface area contributed by atoms with Crippen LogP contribution in [0.15, 0.2) is 30.6 Å². The van der Waals surface area contributed by atoms with E-state index >= 15 is 0 Å². The van der Waals surface area contributed by atoms with Crippen LogP contribution < -0.4 is 10.2 Å². The Morgan fingerprint density at radius 2 is 1.71 bits per heavy atom. The number of hydrogen-bond acceptors (Lipinski definition) is 5. The van der Waals surface area contributed by atoms with Gasteiger partial charge in [-0.1, -0.05) is 29.3 Å². The lowest BCUT2D eigenvalue weighted by atomic mass is 10.0. The molecule has 0 unspecified atom stereocenters. The lowest BCUT2D eigenvalue weighted by Crippen LogP contribution is -2.37. The molecular weight excluding hydrogens is 300 g/mol. The van der Waals surface area contributed by atoms with Crippen LogP contribution in [0.2, 0.25) is 0 Å². The van der Waals surface area contributed by atoms with Crippen LogP contribution in [0.1, 0.15) is 35.2 Å². The first kappa shape index (κ1) is 16.9. The molecule has 24 heavy (non-hydrogen) atoms. The van der Waals surface area contributed by atoms with Crippen molar-refractivity contribution in [3.63, 3.8) is 0 Å². The first-order valence-corrected chi connectivity index (χ1v) is 8.57. The maximum Gasteiger partial charge on any atom is 0.225 e. The summed E-state index contributed by atoms with van der Waals surface area (Å²) in [5.74, 6) is 0.796. The van der Waals surface area contributed by atoms with Gasteiger partial charge in [0.25, 0.3) is 0 Å². The van der Waals surface area contributed by atoms with Gasteiger partial charge in [0.15, 0.2) is 0 Å². The van der Waals surface area contributed by atoms with Gasteiger partial charge in [-0.05, 0) is 26.3 Å². The van der Waals surface area contributed by atoms with Crippen LogP contribution in [-0.4, -0.2) is 36.3 Å². The highest BCUT2D eigenvalue weighted by atomic mass is 16.5. The van der Waals surface area contributed by atoms with Crippen molar-refractivity contribution in [1.82, 2.24) is 15.3 Å². The van der Waals surface area contributed by atoms with Gasteiger partial charge in [0.2, 0.25) is 5.95 Å². The van der Waals surface area contributed by atoms with E-state index in [1.54, 1.807) is 0 Å². The number of morpholine rings is 1. The number of aryl methyl sites for hydroxylation is 2. The molecule has 2 aromatic rings. The molecule has 0 radical (unpaired) electrons. The molecule has 1 N–H and O–H groups in total. The Kier molecular flexibility index (Phi) is 5.43. The van der Waals surface area contributed by atoms with Gasteiger partial charge in [0, 0.05) is 43.6 Å². The summed E-state index contributed by atoms with van der Waals surface area (Å²) >= 11 is 0. The minimum absolute atomic E-state index is 0.294. The highest BCUT2D eigenvalue weighted by Gasteiger charge is 2.13. The molecule has 128 valence electrons. The molecule has 1 fully saturated rings. The fourth-order valence-electron chi connectivity index (χ4n) is 3.01. The molecule has 1 saturated heterocycles. The van der Waals surface area contributed by atoms with Gasteiger partial charge in [-0.25, -0.2) is 9.97 Å². The second-order valence-corrected chi connectivity index (χ2v) is 6.51. The van der Waals surface area contributed by atoms with E-state index in [0.29, 0.717) is 6.04 Å². The first-order chi connectivity index (χ1) is 11.6. The highest BCUT2D eigenvalue weighted by molar-refractivity contribution is 5.31. The average Bonchev–Trinajstić information content (AvgIpc) is 2.60. The largest absolute Gasteiger partial charge is 0.378 e. The number of aromatic nitrogens is 2. The van der Waals surface area contributed by atoms with Crippen LogP contribution in [0.4, 0.5) is 5.95 Å². The van der Waals surface area contributed by atoms with Gasteiger partial charge in [-0.2, -0.15) is 0 Å². The molecule has 3 rings (SSSR count). The molecule has 0 saturated carbocycles. The number of nitrogens with one attached hydrogen (secondary N) is 1. The zero-order chi connectivity index (χ0) is 16.9. The predicted molar refractivity (Wildman–Crippen MR) is 96.2 cm³/mol. The third-order valence-electron chi connectivity index (χ3n) is 4.34. The maximum atomic E-state index is 5.36. The van der Waals surface area contributed by atoms with Crippen LogP contribution in [0.25, 0.3) is 0 Å². The number of benzene rings is 1. The minimum Gasteiger partial charge on any atom is -0.378 e. The van der Waals surface area contributed by atoms with Crippen LogP contribution in [-0.2, 0) is 11.3 Å². The highest BCUT2D eigenvalue weighted by Crippen LogP contribution is 2.17. The van der Waals surface area contributed by atoms with E-state index in [2.05, 4.69) is 59.2 Å². The number of rotatable bonds is 5. The molecule has 5 heteroatoms. The Morgan fingerprint density at radius 1 is 1.08 bits per heavy atom. The minimum atomic E-state index is 0.294. The van der Waals surface area contributed by atoms with E-state index < -0.39 is 0 Å².